The molecule has 1 aromatic heterocycles. The Bertz CT molecular complexity index is 1440. The minimum absolute atomic E-state index is 0.0694. The van der Waals surface area contributed by atoms with E-state index < -0.39 is 23.6 Å². The monoisotopic (exact) mass is 477 g/mol. The molecule has 0 saturated heterocycles. The summed E-state index contributed by atoms with van der Waals surface area (Å²) in [6.07, 6.45) is -4.34. The molecule has 1 aliphatic carbocycles. The SMILES string of the molecule is COC(=O)c1cccc2c1c1c(n2Cc2ccccc2)CC(c2ccccc2C(F)(F)F)CC1=O. The molecule has 1 unspecified atom stereocenters. The molecule has 35 heavy (non-hydrogen) atoms. The average molecular weight is 477 g/mol. The number of esters is 1. The lowest BCUT2D eigenvalue weighted by atomic mass is 9.79. The number of hydrogen-bond donors (Lipinski definition) is 0. The Morgan fingerprint density at radius 3 is 2.40 bits per heavy atom. The Morgan fingerprint density at radius 1 is 0.971 bits per heavy atom. The third-order valence-electron chi connectivity index (χ3n) is 6.64. The van der Waals surface area contributed by atoms with E-state index in [0.717, 1.165) is 11.6 Å². The third-order valence-corrected chi connectivity index (χ3v) is 6.64. The van der Waals surface area contributed by atoms with E-state index in [9.17, 15) is 22.8 Å². The number of Topliss-reactive ketones (excluding diaryl/α,β-unsaturated/α-hetero) is 1. The van der Waals surface area contributed by atoms with Gasteiger partial charge in [-0.1, -0.05) is 54.6 Å². The maximum atomic E-state index is 13.8. The Hall–Kier alpha value is -3.87. The van der Waals surface area contributed by atoms with E-state index in [4.69, 9.17) is 4.74 Å². The number of nitrogens with zero attached hydrogens (tertiary/aromatic N) is 1. The van der Waals surface area contributed by atoms with Crippen LogP contribution in [0, 0.1) is 0 Å². The second-order valence-electron chi connectivity index (χ2n) is 8.70. The molecule has 4 nitrogen and oxygen atoms in total. The van der Waals surface area contributed by atoms with Gasteiger partial charge in [0.1, 0.15) is 0 Å². The zero-order valence-corrected chi connectivity index (χ0v) is 18.9. The molecule has 0 amide bonds. The van der Waals surface area contributed by atoms with Crippen molar-refractivity contribution < 1.29 is 27.5 Å². The molecule has 178 valence electrons. The van der Waals surface area contributed by atoms with Crippen molar-refractivity contribution >= 4 is 22.7 Å². The number of halogens is 3. The molecule has 5 rings (SSSR count). The summed E-state index contributed by atoms with van der Waals surface area (Å²) in [5.41, 5.74) is 2.36. The van der Waals surface area contributed by atoms with Crippen molar-refractivity contribution in [3.8, 4) is 0 Å². The molecule has 1 atom stereocenters. The first kappa shape index (κ1) is 22.9. The highest BCUT2D eigenvalue weighted by Gasteiger charge is 2.39. The normalized spacial score (nSPS) is 15.8. The number of carbonyl (C=O) groups is 2. The molecule has 0 aliphatic heterocycles. The van der Waals surface area contributed by atoms with Crippen LogP contribution in [0.4, 0.5) is 13.2 Å². The van der Waals surface area contributed by atoms with Gasteiger partial charge >= 0.3 is 12.1 Å². The predicted molar refractivity (Wildman–Crippen MR) is 126 cm³/mol. The van der Waals surface area contributed by atoms with Crippen LogP contribution >= 0.6 is 0 Å². The first-order valence-corrected chi connectivity index (χ1v) is 11.2. The van der Waals surface area contributed by atoms with E-state index in [-0.39, 0.29) is 29.8 Å². The number of alkyl halides is 3. The van der Waals surface area contributed by atoms with E-state index in [0.29, 0.717) is 28.7 Å². The van der Waals surface area contributed by atoms with Gasteiger partial charge in [0, 0.05) is 29.6 Å². The Balaban J connectivity index is 1.72. The standard InChI is InChI=1S/C28H22F3NO3/c1-35-27(34)20-11-7-13-22-25(20)26-23(32(22)16-17-8-3-2-4-9-17)14-18(15-24(26)33)19-10-5-6-12-21(19)28(29,30)31/h2-13,18H,14-16H2,1H3. The number of benzene rings is 3. The smallest absolute Gasteiger partial charge is 0.416 e. The van der Waals surface area contributed by atoms with Gasteiger partial charge in [-0.2, -0.15) is 13.2 Å². The van der Waals surface area contributed by atoms with Gasteiger partial charge in [0.15, 0.2) is 5.78 Å². The van der Waals surface area contributed by atoms with Crippen LogP contribution in [0.1, 0.15) is 55.4 Å². The summed E-state index contributed by atoms with van der Waals surface area (Å²) in [7, 11) is 1.28. The Morgan fingerprint density at radius 2 is 1.69 bits per heavy atom. The molecule has 1 aliphatic rings. The molecule has 0 bridgehead atoms. The maximum Gasteiger partial charge on any atom is 0.416 e. The van der Waals surface area contributed by atoms with Crippen LogP contribution in [0.3, 0.4) is 0 Å². The summed E-state index contributed by atoms with van der Waals surface area (Å²) in [6.45, 7) is 0.415. The number of methoxy groups -OCH3 is 1. The second kappa shape index (κ2) is 8.73. The molecule has 0 radical (unpaired) electrons. The van der Waals surface area contributed by atoms with E-state index in [2.05, 4.69) is 0 Å². The average Bonchev–Trinajstić information content (AvgIpc) is 3.17. The number of rotatable bonds is 4. The quantitative estimate of drug-likeness (QED) is 0.319. The van der Waals surface area contributed by atoms with Gasteiger partial charge in [-0.05, 0) is 41.7 Å². The van der Waals surface area contributed by atoms with Crippen molar-refractivity contribution in [2.75, 3.05) is 7.11 Å². The van der Waals surface area contributed by atoms with E-state index >= 15 is 0 Å². The van der Waals surface area contributed by atoms with E-state index in [1.54, 1.807) is 18.2 Å². The molecule has 7 heteroatoms. The second-order valence-corrected chi connectivity index (χ2v) is 8.70. The molecule has 4 aromatic rings. The molecule has 0 fully saturated rings. The van der Waals surface area contributed by atoms with Gasteiger partial charge in [0.25, 0.3) is 0 Å². The van der Waals surface area contributed by atoms with E-state index in [1.807, 2.05) is 41.0 Å². The molecule has 0 saturated carbocycles. The summed E-state index contributed by atoms with van der Waals surface area (Å²) in [5.74, 6) is -1.47. The summed E-state index contributed by atoms with van der Waals surface area (Å²) < 4.78 is 48.2. The summed E-state index contributed by atoms with van der Waals surface area (Å²) in [5, 5.41) is 0.498. The number of aromatic nitrogens is 1. The lowest BCUT2D eigenvalue weighted by Gasteiger charge is -2.26. The highest BCUT2D eigenvalue weighted by atomic mass is 19.4. The number of ketones is 1. The first-order valence-electron chi connectivity index (χ1n) is 11.2. The van der Waals surface area contributed by atoms with Gasteiger partial charge in [-0.15, -0.1) is 0 Å². The summed E-state index contributed by atoms with van der Waals surface area (Å²) in [6, 6.07) is 20.2. The molecule has 0 N–H and O–H groups in total. The Kier molecular flexibility index (Phi) is 5.71. The van der Waals surface area contributed by atoms with Crippen LogP contribution in [0.5, 0.6) is 0 Å². The van der Waals surface area contributed by atoms with E-state index in [1.165, 1.54) is 19.2 Å². The largest absolute Gasteiger partial charge is 0.465 e. The predicted octanol–water partition coefficient (Wildman–Crippen LogP) is 6.41. The molecular formula is C28H22F3NO3. The fourth-order valence-corrected chi connectivity index (χ4v) is 5.15. The minimum atomic E-state index is -4.52. The molecular weight excluding hydrogens is 455 g/mol. The van der Waals surface area contributed by atoms with Gasteiger partial charge in [-0.25, -0.2) is 4.79 Å². The van der Waals surface area contributed by atoms with Crippen LogP contribution in [-0.2, 0) is 23.9 Å². The molecule has 0 spiro atoms. The zero-order chi connectivity index (χ0) is 24.7. The van der Waals surface area contributed by atoms with Crippen LogP contribution in [-0.4, -0.2) is 23.4 Å². The van der Waals surface area contributed by atoms with Gasteiger partial charge in [-0.3, -0.25) is 4.79 Å². The summed E-state index contributed by atoms with van der Waals surface area (Å²) in [4.78, 5) is 26.1. The van der Waals surface area contributed by atoms with Crippen molar-refractivity contribution in [2.24, 2.45) is 0 Å². The highest BCUT2D eigenvalue weighted by Crippen LogP contribution is 2.43. The topological polar surface area (TPSA) is 48.3 Å². The van der Waals surface area contributed by atoms with Crippen molar-refractivity contribution in [3.63, 3.8) is 0 Å². The van der Waals surface area contributed by atoms with Crippen LogP contribution < -0.4 is 0 Å². The fraction of sp³-hybridized carbons (Fsp3) is 0.214. The van der Waals surface area contributed by atoms with Crippen molar-refractivity contribution in [1.29, 1.82) is 0 Å². The van der Waals surface area contributed by atoms with Gasteiger partial charge < -0.3 is 9.30 Å². The zero-order valence-electron chi connectivity index (χ0n) is 18.9. The highest BCUT2D eigenvalue weighted by molar-refractivity contribution is 6.16. The number of hydrogen-bond acceptors (Lipinski definition) is 3. The van der Waals surface area contributed by atoms with Crippen LogP contribution in [0.15, 0.2) is 72.8 Å². The van der Waals surface area contributed by atoms with Crippen molar-refractivity contribution in [1.82, 2.24) is 4.57 Å². The van der Waals surface area contributed by atoms with Crippen LogP contribution in [0.25, 0.3) is 10.9 Å². The first-order chi connectivity index (χ1) is 16.8. The summed E-state index contributed by atoms with van der Waals surface area (Å²) >= 11 is 0. The number of fused-ring (bicyclic) bond motifs is 3. The lowest BCUT2D eigenvalue weighted by molar-refractivity contribution is -0.138. The number of ether oxygens (including phenoxy) is 1. The van der Waals surface area contributed by atoms with Gasteiger partial charge in [0.2, 0.25) is 0 Å². The van der Waals surface area contributed by atoms with Crippen molar-refractivity contribution in [2.45, 2.75) is 31.5 Å². The molecule has 1 heterocycles. The minimum Gasteiger partial charge on any atom is -0.465 e. The van der Waals surface area contributed by atoms with Crippen LogP contribution in [0.2, 0.25) is 0 Å². The Labute approximate surface area is 199 Å². The maximum absolute atomic E-state index is 13.8. The van der Waals surface area contributed by atoms with Crippen molar-refractivity contribution in [3.05, 3.63) is 106 Å². The van der Waals surface area contributed by atoms with Gasteiger partial charge in [0.05, 0.1) is 23.8 Å². The molecule has 3 aromatic carbocycles. The third kappa shape index (κ3) is 4.01. The fourth-order valence-electron chi connectivity index (χ4n) is 5.15. The lowest BCUT2D eigenvalue weighted by Crippen LogP contribution is -2.23. The number of carbonyl (C=O) groups excluding carboxylic acids is 2.